The number of nitrogens with one attached hydrogen (secondary N) is 1. The molecule has 1 aromatic heterocycles. The van der Waals surface area contributed by atoms with E-state index >= 15 is 0 Å². The van der Waals surface area contributed by atoms with E-state index in [1.807, 2.05) is 0 Å². The lowest BCUT2D eigenvalue weighted by atomic mass is 10.3. The quantitative estimate of drug-likeness (QED) is 0.670. The highest BCUT2D eigenvalue weighted by atomic mass is 32.2. The number of aromatic nitrogens is 1. The van der Waals surface area contributed by atoms with Crippen LogP contribution in [0.2, 0.25) is 0 Å². The van der Waals surface area contributed by atoms with Crippen LogP contribution in [-0.4, -0.2) is 42.5 Å². The van der Waals surface area contributed by atoms with Crippen molar-refractivity contribution < 1.29 is 22.0 Å². The molecule has 2 rings (SSSR count). The Labute approximate surface area is 161 Å². The minimum atomic E-state index is -3.59. The van der Waals surface area contributed by atoms with Gasteiger partial charge in [0.2, 0.25) is 15.9 Å². The average Bonchev–Trinajstić information content (AvgIpc) is 2.63. The lowest BCUT2D eigenvalue weighted by Crippen LogP contribution is -2.30. The number of thioether (sulfide) groups is 1. The fraction of sp³-hybridized carbons (Fsp3) is 0.294. The number of sulfonamides is 1. The van der Waals surface area contributed by atoms with Crippen molar-refractivity contribution in [3.8, 4) is 0 Å². The zero-order valence-corrected chi connectivity index (χ0v) is 16.4. The average molecular weight is 415 g/mol. The summed E-state index contributed by atoms with van der Waals surface area (Å²) in [7, 11) is -3.59. The Morgan fingerprint density at radius 3 is 2.44 bits per heavy atom. The third-order valence-electron chi connectivity index (χ3n) is 3.61. The number of carbonyl (C=O) groups excluding carboxylic acids is 1. The minimum absolute atomic E-state index is 0.0635. The van der Waals surface area contributed by atoms with Gasteiger partial charge in [0.15, 0.2) is 0 Å². The molecule has 10 heteroatoms. The zero-order chi connectivity index (χ0) is 20.0. The van der Waals surface area contributed by atoms with Gasteiger partial charge in [-0.1, -0.05) is 25.6 Å². The second-order valence-corrected chi connectivity index (χ2v) is 8.32. The molecular weight excluding hydrogens is 396 g/mol. The first kappa shape index (κ1) is 21.3. The Hall–Kier alpha value is -2.04. The van der Waals surface area contributed by atoms with Gasteiger partial charge in [0.25, 0.3) is 0 Å². The van der Waals surface area contributed by atoms with Crippen molar-refractivity contribution in [1.29, 1.82) is 0 Å². The van der Waals surface area contributed by atoms with Crippen LogP contribution in [0.1, 0.15) is 13.8 Å². The van der Waals surface area contributed by atoms with Gasteiger partial charge in [-0.3, -0.25) is 4.79 Å². The second-order valence-electron chi connectivity index (χ2n) is 5.38. The van der Waals surface area contributed by atoms with E-state index in [2.05, 4.69) is 10.3 Å². The highest BCUT2D eigenvalue weighted by molar-refractivity contribution is 7.99. The Bertz CT molecular complexity index is 902. The van der Waals surface area contributed by atoms with Crippen molar-refractivity contribution in [2.75, 3.05) is 24.2 Å². The zero-order valence-electron chi connectivity index (χ0n) is 14.8. The highest BCUT2D eigenvalue weighted by Crippen LogP contribution is 2.21. The Balaban J connectivity index is 1.97. The molecule has 0 saturated heterocycles. The van der Waals surface area contributed by atoms with Crippen LogP contribution in [0.3, 0.4) is 0 Å². The molecule has 0 atom stereocenters. The normalized spacial score (nSPS) is 11.6. The maximum Gasteiger partial charge on any atom is 0.244 e. The summed E-state index contributed by atoms with van der Waals surface area (Å²) in [6.45, 7) is 4.22. The van der Waals surface area contributed by atoms with E-state index in [-0.39, 0.29) is 16.3 Å². The molecule has 0 unspecified atom stereocenters. The Morgan fingerprint density at radius 2 is 1.89 bits per heavy atom. The minimum Gasteiger partial charge on any atom is -0.323 e. The maximum atomic E-state index is 13.5. The molecule has 1 heterocycles. The largest absolute Gasteiger partial charge is 0.323 e. The number of hydrogen-bond acceptors (Lipinski definition) is 5. The lowest BCUT2D eigenvalue weighted by molar-refractivity contribution is -0.113. The number of amides is 1. The summed E-state index contributed by atoms with van der Waals surface area (Å²) in [6.07, 6.45) is 1.24. The van der Waals surface area contributed by atoms with E-state index in [0.29, 0.717) is 24.2 Å². The summed E-state index contributed by atoms with van der Waals surface area (Å²) in [4.78, 5) is 16.0. The topological polar surface area (TPSA) is 79.4 Å². The van der Waals surface area contributed by atoms with Crippen LogP contribution in [0.15, 0.2) is 46.5 Å². The molecule has 1 amide bonds. The smallest absolute Gasteiger partial charge is 0.244 e. The molecule has 1 aromatic carbocycles. The van der Waals surface area contributed by atoms with Gasteiger partial charge >= 0.3 is 0 Å². The van der Waals surface area contributed by atoms with Gasteiger partial charge in [0, 0.05) is 25.4 Å². The molecule has 0 spiro atoms. The molecule has 0 aliphatic rings. The van der Waals surface area contributed by atoms with Crippen molar-refractivity contribution >= 4 is 33.4 Å². The summed E-state index contributed by atoms with van der Waals surface area (Å²) in [6, 6.07) is 5.80. The van der Waals surface area contributed by atoms with Gasteiger partial charge in [-0.2, -0.15) is 4.31 Å². The van der Waals surface area contributed by atoms with E-state index in [4.69, 9.17) is 0 Å². The number of nitrogens with zero attached hydrogens (tertiary/aromatic N) is 2. The number of rotatable bonds is 8. The van der Waals surface area contributed by atoms with Gasteiger partial charge in [0.1, 0.15) is 16.5 Å². The Kier molecular flexibility index (Phi) is 7.28. The first-order valence-electron chi connectivity index (χ1n) is 8.11. The SMILES string of the molecule is CCN(CC)S(=O)(=O)c1ccc(SCC(=O)Nc2ccc(F)cc2F)nc1. The van der Waals surface area contributed by atoms with Gasteiger partial charge in [0.05, 0.1) is 16.5 Å². The number of hydrogen-bond donors (Lipinski definition) is 1. The van der Waals surface area contributed by atoms with Gasteiger partial charge < -0.3 is 5.32 Å². The van der Waals surface area contributed by atoms with Crippen LogP contribution in [0.5, 0.6) is 0 Å². The second kappa shape index (κ2) is 9.25. The van der Waals surface area contributed by atoms with Gasteiger partial charge in [-0.05, 0) is 24.3 Å². The number of anilines is 1. The van der Waals surface area contributed by atoms with Gasteiger partial charge in [-0.25, -0.2) is 22.2 Å². The predicted octanol–water partition coefficient (Wildman–Crippen LogP) is 3.12. The molecule has 1 N–H and O–H groups in total. The summed E-state index contributed by atoms with van der Waals surface area (Å²) in [5.41, 5.74) is -0.115. The van der Waals surface area contributed by atoms with Crippen LogP contribution in [0, 0.1) is 11.6 Å². The van der Waals surface area contributed by atoms with E-state index < -0.39 is 27.6 Å². The van der Waals surface area contributed by atoms with E-state index in [1.165, 1.54) is 22.6 Å². The number of halogens is 2. The van der Waals surface area contributed by atoms with E-state index in [1.54, 1.807) is 13.8 Å². The fourth-order valence-electron chi connectivity index (χ4n) is 2.23. The van der Waals surface area contributed by atoms with E-state index in [9.17, 15) is 22.0 Å². The van der Waals surface area contributed by atoms with Crippen LogP contribution >= 0.6 is 11.8 Å². The number of benzene rings is 1. The molecular formula is C17H19F2N3O3S2. The van der Waals surface area contributed by atoms with Crippen LogP contribution in [0.25, 0.3) is 0 Å². The molecule has 0 aliphatic carbocycles. The summed E-state index contributed by atoms with van der Waals surface area (Å²) in [5, 5.41) is 2.79. The van der Waals surface area contributed by atoms with Crippen molar-refractivity contribution in [3.63, 3.8) is 0 Å². The van der Waals surface area contributed by atoms with Crippen LogP contribution in [-0.2, 0) is 14.8 Å². The molecule has 27 heavy (non-hydrogen) atoms. The maximum absolute atomic E-state index is 13.5. The van der Waals surface area contributed by atoms with Crippen molar-refractivity contribution in [3.05, 3.63) is 48.2 Å². The monoisotopic (exact) mass is 415 g/mol. The summed E-state index contributed by atoms with van der Waals surface area (Å²) >= 11 is 1.07. The highest BCUT2D eigenvalue weighted by Gasteiger charge is 2.21. The summed E-state index contributed by atoms with van der Waals surface area (Å²) in [5.74, 6) is -2.15. The fourth-order valence-corrected chi connectivity index (χ4v) is 4.28. The van der Waals surface area contributed by atoms with Crippen LogP contribution < -0.4 is 5.32 Å². The van der Waals surface area contributed by atoms with Crippen molar-refractivity contribution in [2.45, 2.75) is 23.8 Å². The first-order valence-corrected chi connectivity index (χ1v) is 10.5. The Morgan fingerprint density at radius 1 is 1.19 bits per heavy atom. The third kappa shape index (κ3) is 5.47. The molecule has 0 saturated carbocycles. The molecule has 146 valence electrons. The van der Waals surface area contributed by atoms with Crippen molar-refractivity contribution in [1.82, 2.24) is 9.29 Å². The van der Waals surface area contributed by atoms with Gasteiger partial charge in [-0.15, -0.1) is 0 Å². The number of pyridine rings is 1. The summed E-state index contributed by atoms with van der Waals surface area (Å²) < 4.78 is 52.5. The predicted molar refractivity (Wildman–Crippen MR) is 100 cm³/mol. The van der Waals surface area contributed by atoms with Crippen molar-refractivity contribution in [2.24, 2.45) is 0 Å². The molecule has 0 radical (unpaired) electrons. The molecule has 0 aliphatic heterocycles. The number of carbonyl (C=O) groups is 1. The van der Waals surface area contributed by atoms with Crippen LogP contribution in [0.4, 0.5) is 14.5 Å². The first-order chi connectivity index (χ1) is 12.8. The molecule has 6 nitrogen and oxygen atoms in total. The molecule has 0 bridgehead atoms. The molecule has 2 aromatic rings. The standard InChI is InChI=1S/C17H19F2N3O3S2/c1-3-22(4-2)27(24,25)13-6-8-17(20-10-13)26-11-16(23)21-15-7-5-12(18)9-14(15)19/h5-10H,3-4,11H2,1-2H3,(H,21,23). The lowest BCUT2D eigenvalue weighted by Gasteiger charge is -2.18. The van der Waals surface area contributed by atoms with E-state index in [0.717, 1.165) is 23.9 Å². The molecule has 0 fully saturated rings. The third-order valence-corrected chi connectivity index (χ3v) is 6.59.